The van der Waals surface area contributed by atoms with Gasteiger partial charge in [0.1, 0.15) is 6.61 Å². The van der Waals surface area contributed by atoms with Crippen LogP contribution < -0.4 is 0 Å². The Morgan fingerprint density at radius 3 is 1.08 bits per heavy atom. The van der Waals surface area contributed by atoms with Crippen molar-refractivity contribution in [2.45, 2.75) is 90.9 Å². The number of carbonyl (C=O) groups excluding carboxylic acids is 1. The van der Waals surface area contributed by atoms with Crippen molar-refractivity contribution in [3.63, 3.8) is 0 Å². The fourth-order valence-electron chi connectivity index (χ4n) is 3.57. The van der Waals surface area contributed by atoms with Gasteiger partial charge in [-0.2, -0.15) is 0 Å². The molecule has 0 aromatic heterocycles. The van der Waals surface area contributed by atoms with Crippen molar-refractivity contribution in [1.29, 1.82) is 0 Å². The minimum atomic E-state index is -0.132. The molecule has 0 aliphatic heterocycles. The Balaban J connectivity index is 3.09. The van der Waals surface area contributed by atoms with E-state index in [1.807, 2.05) is 0 Å². The maximum Gasteiger partial charge on any atom is 0.305 e. The van der Waals surface area contributed by atoms with E-state index in [9.17, 15) is 4.79 Å². The van der Waals surface area contributed by atoms with Gasteiger partial charge in [0.25, 0.3) is 0 Å². The van der Waals surface area contributed by atoms with Crippen LogP contribution in [0.15, 0.2) is 0 Å². The highest BCUT2D eigenvalue weighted by Crippen LogP contribution is 2.08. The van der Waals surface area contributed by atoms with Gasteiger partial charge >= 0.3 is 5.97 Å². The highest BCUT2D eigenvalue weighted by atomic mass is 16.6. The van der Waals surface area contributed by atoms with E-state index in [-0.39, 0.29) is 5.97 Å². The van der Waals surface area contributed by atoms with Crippen molar-refractivity contribution in [2.75, 3.05) is 99.1 Å². The summed E-state index contributed by atoms with van der Waals surface area (Å²) in [7, 11) is 0. The lowest BCUT2D eigenvalue weighted by Crippen LogP contribution is -2.15. The fourth-order valence-corrected chi connectivity index (χ4v) is 3.57. The first-order valence-electron chi connectivity index (χ1n) is 15.5. The van der Waals surface area contributed by atoms with E-state index in [1.165, 1.54) is 51.4 Å². The number of hydrogen-bond donors (Lipinski definition) is 0. The maximum atomic E-state index is 11.7. The second kappa shape index (κ2) is 35.2. The van der Waals surface area contributed by atoms with Crippen LogP contribution in [0.25, 0.3) is 0 Å². The lowest BCUT2D eigenvalue weighted by atomic mass is 10.1. The first-order valence-corrected chi connectivity index (χ1v) is 15.5. The minimum Gasteiger partial charge on any atom is -0.463 e. The third-order valence-corrected chi connectivity index (χ3v) is 5.85. The Morgan fingerprint density at radius 2 is 0.667 bits per heavy atom. The Morgan fingerprint density at radius 1 is 0.359 bits per heavy atom. The molecule has 0 spiro atoms. The van der Waals surface area contributed by atoms with Gasteiger partial charge in [-0.15, -0.1) is 0 Å². The Bertz CT molecular complexity index is 466. The van der Waals surface area contributed by atoms with Gasteiger partial charge in [-0.1, -0.05) is 71.6 Å². The molecule has 0 radical (unpaired) electrons. The normalized spacial score (nSPS) is 11.3. The quantitative estimate of drug-likeness (QED) is 0.0756. The number of hydrogen-bond acceptors (Lipinski definition) is 9. The van der Waals surface area contributed by atoms with Gasteiger partial charge in [0, 0.05) is 13.0 Å². The molecule has 0 aromatic rings. The summed E-state index contributed by atoms with van der Waals surface area (Å²) in [5.41, 5.74) is 0. The largest absolute Gasteiger partial charge is 0.463 e. The summed E-state index contributed by atoms with van der Waals surface area (Å²) in [6.45, 7) is 12.4. The molecule has 9 nitrogen and oxygen atoms in total. The molecule has 0 N–H and O–H groups in total. The van der Waals surface area contributed by atoms with Crippen molar-refractivity contribution in [1.82, 2.24) is 0 Å². The molecule has 9 heteroatoms. The second-order valence-electron chi connectivity index (χ2n) is 9.44. The lowest BCUT2D eigenvalue weighted by molar-refractivity contribution is -0.145. The van der Waals surface area contributed by atoms with Crippen LogP contribution in [0.2, 0.25) is 0 Å². The van der Waals surface area contributed by atoms with E-state index in [1.54, 1.807) is 0 Å². The molecular formula is C30H60O9. The van der Waals surface area contributed by atoms with Gasteiger partial charge in [-0.05, 0) is 12.8 Å². The van der Waals surface area contributed by atoms with Gasteiger partial charge in [-0.25, -0.2) is 0 Å². The van der Waals surface area contributed by atoms with Crippen molar-refractivity contribution in [3.8, 4) is 0 Å². The topological polar surface area (TPSA) is 90.9 Å². The molecule has 0 aromatic carbocycles. The van der Waals surface area contributed by atoms with E-state index < -0.39 is 0 Å². The zero-order chi connectivity index (χ0) is 28.3. The number of carbonyl (C=O) groups is 1. The van der Waals surface area contributed by atoms with E-state index in [0.29, 0.717) is 98.9 Å². The second-order valence-corrected chi connectivity index (χ2v) is 9.44. The third-order valence-electron chi connectivity index (χ3n) is 5.85. The predicted octanol–water partition coefficient (Wildman–Crippen LogP) is 5.37. The Kier molecular flexibility index (Phi) is 34.5. The van der Waals surface area contributed by atoms with Crippen LogP contribution in [0.4, 0.5) is 0 Å². The number of unbranched alkanes of at least 4 members (excludes halogenated alkanes) is 9. The molecule has 0 saturated carbocycles. The molecule has 0 bridgehead atoms. The van der Waals surface area contributed by atoms with Crippen molar-refractivity contribution < 1.29 is 42.7 Å². The third kappa shape index (κ3) is 35.2. The van der Waals surface area contributed by atoms with Crippen LogP contribution in [-0.2, 0) is 42.7 Å². The highest BCUT2D eigenvalue weighted by Gasteiger charge is 2.02. The molecule has 39 heavy (non-hydrogen) atoms. The van der Waals surface area contributed by atoms with Crippen LogP contribution in [-0.4, -0.2) is 105 Å². The lowest BCUT2D eigenvalue weighted by Gasteiger charge is -2.09. The maximum absolute atomic E-state index is 11.7. The first kappa shape index (κ1) is 38.2. The molecular weight excluding hydrogens is 504 g/mol. The van der Waals surface area contributed by atoms with E-state index >= 15 is 0 Å². The zero-order valence-corrected chi connectivity index (χ0v) is 25.3. The predicted molar refractivity (Wildman–Crippen MR) is 153 cm³/mol. The van der Waals surface area contributed by atoms with Crippen molar-refractivity contribution >= 4 is 5.97 Å². The first-order chi connectivity index (χ1) is 19.3. The van der Waals surface area contributed by atoms with Crippen LogP contribution >= 0.6 is 0 Å². The minimum absolute atomic E-state index is 0.132. The molecule has 0 amide bonds. The summed E-state index contributed by atoms with van der Waals surface area (Å²) in [6, 6.07) is 0. The molecule has 234 valence electrons. The molecule has 0 aliphatic rings. The van der Waals surface area contributed by atoms with Gasteiger partial charge < -0.3 is 37.9 Å². The number of rotatable bonds is 34. The van der Waals surface area contributed by atoms with E-state index in [0.717, 1.165) is 25.9 Å². The van der Waals surface area contributed by atoms with Gasteiger partial charge in [0.2, 0.25) is 0 Å². The molecule has 0 aliphatic carbocycles. The summed E-state index contributed by atoms with van der Waals surface area (Å²) in [5, 5.41) is 0. The average molecular weight is 565 g/mol. The molecule has 0 saturated heterocycles. The number of ether oxygens (including phenoxy) is 8. The Labute approximate surface area is 238 Å². The van der Waals surface area contributed by atoms with E-state index in [4.69, 9.17) is 37.9 Å². The molecule has 0 rings (SSSR count). The van der Waals surface area contributed by atoms with Gasteiger partial charge in [0.15, 0.2) is 0 Å². The summed E-state index contributed by atoms with van der Waals surface area (Å²) in [4.78, 5) is 11.7. The van der Waals surface area contributed by atoms with Crippen LogP contribution in [0.5, 0.6) is 0 Å². The SMILES string of the molecule is CCCCCCCCCC(=O)OCCOCCOCCOCCOCCOCCOCCOCCCCCC. The summed E-state index contributed by atoms with van der Waals surface area (Å²) in [5.74, 6) is -0.132. The average Bonchev–Trinajstić information content (AvgIpc) is 2.94. The number of esters is 1. The summed E-state index contributed by atoms with van der Waals surface area (Å²) < 4.78 is 43.5. The Hall–Kier alpha value is -0.810. The molecule has 0 atom stereocenters. The zero-order valence-electron chi connectivity index (χ0n) is 25.3. The van der Waals surface area contributed by atoms with Crippen LogP contribution in [0, 0.1) is 0 Å². The molecule has 0 fully saturated rings. The fraction of sp³-hybridized carbons (Fsp3) is 0.967. The van der Waals surface area contributed by atoms with Gasteiger partial charge in [0.05, 0.1) is 85.9 Å². The molecule has 0 heterocycles. The van der Waals surface area contributed by atoms with E-state index in [2.05, 4.69) is 13.8 Å². The molecule has 0 unspecified atom stereocenters. The summed E-state index contributed by atoms with van der Waals surface area (Å²) >= 11 is 0. The van der Waals surface area contributed by atoms with Crippen LogP contribution in [0.1, 0.15) is 90.9 Å². The van der Waals surface area contributed by atoms with Crippen molar-refractivity contribution in [2.24, 2.45) is 0 Å². The smallest absolute Gasteiger partial charge is 0.305 e. The van der Waals surface area contributed by atoms with Crippen molar-refractivity contribution in [3.05, 3.63) is 0 Å². The standard InChI is InChI=1S/C30H60O9/c1-3-5-7-9-10-11-12-14-30(31)39-29-28-38-27-26-37-25-24-36-23-22-35-21-20-34-19-18-33-17-16-32-15-13-8-6-4-2/h3-29H2,1-2H3. The van der Waals surface area contributed by atoms with Gasteiger partial charge in [-0.3, -0.25) is 4.79 Å². The summed E-state index contributed by atoms with van der Waals surface area (Å²) in [6.07, 6.45) is 13.8. The monoisotopic (exact) mass is 564 g/mol. The highest BCUT2D eigenvalue weighted by molar-refractivity contribution is 5.69. The van der Waals surface area contributed by atoms with Crippen LogP contribution in [0.3, 0.4) is 0 Å².